The first-order valence-electron chi connectivity index (χ1n) is 6.25. The second-order valence-electron chi connectivity index (χ2n) is 4.40. The van der Waals surface area contributed by atoms with Gasteiger partial charge in [-0.25, -0.2) is 0 Å². The Morgan fingerprint density at radius 3 is 2.60 bits per heavy atom. The molecule has 0 saturated heterocycles. The fourth-order valence-corrected chi connectivity index (χ4v) is 2.41. The van der Waals surface area contributed by atoms with Crippen LogP contribution in [0.3, 0.4) is 0 Å². The summed E-state index contributed by atoms with van der Waals surface area (Å²) in [5, 5.41) is 11.1. The molecule has 1 aromatic heterocycles. The summed E-state index contributed by atoms with van der Waals surface area (Å²) in [6, 6.07) is 16.4. The number of benzene rings is 2. The number of nitrogens with zero attached hydrogens (tertiary/aromatic N) is 3. The van der Waals surface area contributed by atoms with Gasteiger partial charge in [-0.1, -0.05) is 34.1 Å². The van der Waals surface area contributed by atoms with Gasteiger partial charge >= 0.3 is 0 Å². The van der Waals surface area contributed by atoms with Crippen molar-refractivity contribution >= 4 is 21.6 Å². The lowest BCUT2D eigenvalue weighted by molar-refractivity contribution is 1.05. The highest BCUT2D eigenvalue weighted by Gasteiger charge is 1.99. The molecule has 1 heterocycles. The average Bonchev–Trinajstić information content (AvgIpc) is 3.00. The van der Waals surface area contributed by atoms with E-state index in [1.807, 2.05) is 34.9 Å². The number of rotatable bonds is 4. The van der Waals surface area contributed by atoms with Gasteiger partial charge in [-0.3, -0.25) is 4.57 Å². The molecule has 0 aliphatic carbocycles. The lowest BCUT2D eigenvalue weighted by Gasteiger charge is -2.09. The first-order chi connectivity index (χ1) is 9.81. The van der Waals surface area contributed by atoms with Crippen LogP contribution in [0.4, 0.5) is 5.69 Å². The van der Waals surface area contributed by atoms with E-state index in [9.17, 15) is 0 Å². The van der Waals surface area contributed by atoms with E-state index in [-0.39, 0.29) is 0 Å². The molecule has 3 aromatic rings. The van der Waals surface area contributed by atoms with Gasteiger partial charge in [0, 0.05) is 16.7 Å². The molecule has 3 rings (SSSR count). The van der Waals surface area contributed by atoms with Crippen LogP contribution < -0.4 is 5.32 Å². The van der Waals surface area contributed by atoms with E-state index >= 15 is 0 Å². The Bertz CT molecular complexity index is 695. The van der Waals surface area contributed by atoms with E-state index in [0.29, 0.717) is 0 Å². The van der Waals surface area contributed by atoms with Crippen molar-refractivity contribution in [1.29, 1.82) is 0 Å². The molecule has 0 saturated carbocycles. The molecule has 0 amide bonds. The maximum absolute atomic E-state index is 3.82. The maximum Gasteiger partial charge on any atom is 0.123 e. The Hall–Kier alpha value is -2.14. The van der Waals surface area contributed by atoms with E-state index in [2.05, 4.69) is 49.6 Å². The molecule has 20 heavy (non-hydrogen) atoms. The van der Waals surface area contributed by atoms with Crippen LogP contribution in [-0.2, 0) is 6.54 Å². The van der Waals surface area contributed by atoms with Gasteiger partial charge in [0.1, 0.15) is 12.7 Å². The lowest BCUT2D eigenvalue weighted by Crippen LogP contribution is -2.00. The van der Waals surface area contributed by atoms with Crippen molar-refractivity contribution in [3.05, 3.63) is 71.2 Å². The minimum atomic E-state index is 0.783. The van der Waals surface area contributed by atoms with E-state index < -0.39 is 0 Å². The highest BCUT2D eigenvalue weighted by Crippen LogP contribution is 2.16. The summed E-state index contributed by atoms with van der Waals surface area (Å²) in [7, 11) is 0. The van der Waals surface area contributed by atoms with E-state index in [1.54, 1.807) is 12.7 Å². The summed E-state index contributed by atoms with van der Waals surface area (Å²) >= 11 is 3.48. The normalized spacial score (nSPS) is 10.4. The minimum absolute atomic E-state index is 0.783. The summed E-state index contributed by atoms with van der Waals surface area (Å²) in [5.74, 6) is 0. The topological polar surface area (TPSA) is 42.7 Å². The van der Waals surface area contributed by atoms with Crippen LogP contribution >= 0.6 is 15.9 Å². The van der Waals surface area contributed by atoms with Gasteiger partial charge in [0.15, 0.2) is 0 Å². The van der Waals surface area contributed by atoms with Crippen LogP contribution in [0.15, 0.2) is 65.7 Å². The summed E-state index contributed by atoms with van der Waals surface area (Å²) in [5.41, 5.74) is 3.33. The van der Waals surface area contributed by atoms with Crippen LogP contribution in [0.25, 0.3) is 5.69 Å². The standard InChI is InChI=1S/C15H13BrN4/c16-13-4-1-3-12(7-13)9-17-14-5-2-6-15(8-14)20-10-18-19-11-20/h1-8,10-11,17H,9H2. The Morgan fingerprint density at radius 2 is 1.80 bits per heavy atom. The third-order valence-corrected chi connectivity index (χ3v) is 3.44. The monoisotopic (exact) mass is 328 g/mol. The van der Waals surface area contributed by atoms with Gasteiger partial charge in [-0.15, -0.1) is 10.2 Å². The van der Waals surface area contributed by atoms with E-state index in [4.69, 9.17) is 0 Å². The number of halogens is 1. The second-order valence-corrected chi connectivity index (χ2v) is 5.32. The van der Waals surface area contributed by atoms with Crippen molar-refractivity contribution in [2.45, 2.75) is 6.54 Å². The molecular formula is C15H13BrN4. The van der Waals surface area contributed by atoms with Crippen molar-refractivity contribution in [2.24, 2.45) is 0 Å². The molecule has 0 atom stereocenters. The van der Waals surface area contributed by atoms with Crippen molar-refractivity contribution in [3.8, 4) is 5.69 Å². The van der Waals surface area contributed by atoms with Gasteiger partial charge < -0.3 is 5.32 Å². The van der Waals surface area contributed by atoms with E-state index in [0.717, 1.165) is 22.4 Å². The van der Waals surface area contributed by atoms with Crippen LogP contribution in [0.5, 0.6) is 0 Å². The predicted octanol–water partition coefficient (Wildman–Crippen LogP) is 3.64. The molecule has 0 aliphatic rings. The zero-order valence-electron chi connectivity index (χ0n) is 10.7. The predicted molar refractivity (Wildman–Crippen MR) is 82.8 cm³/mol. The number of hydrogen-bond acceptors (Lipinski definition) is 3. The molecule has 0 aliphatic heterocycles. The number of aromatic nitrogens is 3. The highest BCUT2D eigenvalue weighted by molar-refractivity contribution is 9.10. The van der Waals surface area contributed by atoms with Crippen LogP contribution in [0, 0.1) is 0 Å². The molecule has 0 fully saturated rings. The largest absolute Gasteiger partial charge is 0.381 e. The molecule has 4 nitrogen and oxygen atoms in total. The fraction of sp³-hybridized carbons (Fsp3) is 0.0667. The third-order valence-electron chi connectivity index (χ3n) is 2.95. The van der Waals surface area contributed by atoms with E-state index in [1.165, 1.54) is 5.56 Å². The molecule has 0 spiro atoms. The molecule has 0 unspecified atom stereocenters. The van der Waals surface area contributed by atoms with Crippen molar-refractivity contribution in [3.63, 3.8) is 0 Å². The zero-order chi connectivity index (χ0) is 13.8. The Balaban J connectivity index is 1.73. The van der Waals surface area contributed by atoms with Gasteiger partial charge in [0.05, 0.1) is 5.69 Å². The lowest BCUT2D eigenvalue weighted by atomic mass is 10.2. The summed E-state index contributed by atoms with van der Waals surface area (Å²) in [6.07, 6.45) is 3.38. The molecule has 0 bridgehead atoms. The van der Waals surface area contributed by atoms with Gasteiger partial charge in [0.25, 0.3) is 0 Å². The minimum Gasteiger partial charge on any atom is -0.381 e. The Kier molecular flexibility index (Phi) is 3.78. The summed E-state index contributed by atoms with van der Waals surface area (Å²) in [4.78, 5) is 0. The molecular weight excluding hydrogens is 316 g/mol. The summed E-state index contributed by atoms with van der Waals surface area (Å²) < 4.78 is 2.97. The fourth-order valence-electron chi connectivity index (χ4n) is 1.96. The maximum atomic E-state index is 3.82. The SMILES string of the molecule is Brc1cccc(CNc2cccc(-n3cnnc3)c2)c1. The molecule has 2 aromatic carbocycles. The Morgan fingerprint density at radius 1 is 1.00 bits per heavy atom. The van der Waals surface area contributed by atoms with Gasteiger partial charge in [0.2, 0.25) is 0 Å². The molecule has 0 radical (unpaired) electrons. The number of anilines is 1. The molecule has 100 valence electrons. The molecule has 1 N–H and O–H groups in total. The second kappa shape index (κ2) is 5.88. The Labute approximate surface area is 125 Å². The van der Waals surface area contributed by atoms with Gasteiger partial charge in [-0.2, -0.15) is 0 Å². The quantitative estimate of drug-likeness (QED) is 0.795. The van der Waals surface area contributed by atoms with Crippen molar-refractivity contribution < 1.29 is 0 Å². The highest BCUT2D eigenvalue weighted by atomic mass is 79.9. The zero-order valence-corrected chi connectivity index (χ0v) is 12.3. The average molecular weight is 329 g/mol. The smallest absolute Gasteiger partial charge is 0.123 e. The van der Waals surface area contributed by atoms with Crippen LogP contribution in [0.2, 0.25) is 0 Å². The third kappa shape index (κ3) is 3.05. The van der Waals surface area contributed by atoms with Crippen LogP contribution in [0.1, 0.15) is 5.56 Å². The van der Waals surface area contributed by atoms with Crippen molar-refractivity contribution in [2.75, 3.05) is 5.32 Å². The molecule has 5 heteroatoms. The number of nitrogens with one attached hydrogen (secondary N) is 1. The van der Waals surface area contributed by atoms with Gasteiger partial charge in [-0.05, 0) is 35.9 Å². The van der Waals surface area contributed by atoms with Crippen LogP contribution in [-0.4, -0.2) is 14.8 Å². The summed E-state index contributed by atoms with van der Waals surface area (Å²) in [6.45, 7) is 0.783. The van der Waals surface area contributed by atoms with Crippen molar-refractivity contribution in [1.82, 2.24) is 14.8 Å². The first-order valence-corrected chi connectivity index (χ1v) is 7.04. The first kappa shape index (κ1) is 12.9. The number of hydrogen-bond donors (Lipinski definition) is 1.